The molecular formula is C12H8INO. The van der Waals surface area contributed by atoms with Gasteiger partial charge in [0, 0.05) is 9.13 Å². The second-order valence-corrected chi connectivity index (χ2v) is 4.32. The molecule has 0 fully saturated rings. The molecule has 2 rings (SSSR count). The van der Waals surface area contributed by atoms with Crippen LogP contribution in [-0.2, 0) is 0 Å². The number of aromatic nitrogens is 1. The van der Waals surface area contributed by atoms with Crippen LogP contribution in [0.15, 0.2) is 42.5 Å². The van der Waals surface area contributed by atoms with Gasteiger partial charge in [-0.1, -0.05) is 18.2 Å². The van der Waals surface area contributed by atoms with E-state index in [-0.39, 0.29) is 0 Å². The molecule has 0 unspecified atom stereocenters. The van der Waals surface area contributed by atoms with Crippen molar-refractivity contribution in [3.05, 3.63) is 51.7 Å². The van der Waals surface area contributed by atoms with Crippen LogP contribution in [0.3, 0.4) is 0 Å². The highest BCUT2D eigenvalue weighted by Gasteiger charge is 2.00. The maximum Gasteiger partial charge on any atom is 0.168 e. The number of benzene rings is 1. The summed E-state index contributed by atoms with van der Waals surface area (Å²) in [5, 5.41) is 0. The molecule has 0 aliphatic carbocycles. The molecule has 0 atom stereocenters. The number of nitrogens with zero attached hydrogens (tertiary/aromatic N) is 1. The van der Waals surface area contributed by atoms with Gasteiger partial charge in [-0.15, -0.1) is 0 Å². The lowest BCUT2D eigenvalue weighted by molar-refractivity contribution is 0.111. The van der Waals surface area contributed by atoms with Crippen LogP contribution in [0.25, 0.3) is 11.3 Å². The van der Waals surface area contributed by atoms with Gasteiger partial charge in [-0.05, 0) is 46.9 Å². The molecule has 1 heterocycles. The molecule has 2 aromatic rings. The summed E-state index contributed by atoms with van der Waals surface area (Å²) in [6.07, 6.45) is 0.761. The molecule has 0 saturated carbocycles. The zero-order valence-electron chi connectivity index (χ0n) is 7.85. The van der Waals surface area contributed by atoms with E-state index in [4.69, 9.17) is 0 Å². The summed E-state index contributed by atoms with van der Waals surface area (Å²) in [6.45, 7) is 0. The molecule has 74 valence electrons. The topological polar surface area (TPSA) is 30.0 Å². The lowest BCUT2D eigenvalue weighted by Crippen LogP contribution is -1.89. The van der Waals surface area contributed by atoms with Crippen LogP contribution in [0.2, 0.25) is 0 Å². The van der Waals surface area contributed by atoms with Gasteiger partial charge < -0.3 is 0 Å². The van der Waals surface area contributed by atoms with Gasteiger partial charge in [-0.2, -0.15) is 0 Å². The first kappa shape index (κ1) is 10.3. The van der Waals surface area contributed by atoms with E-state index in [1.54, 1.807) is 6.07 Å². The highest BCUT2D eigenvalue weighted by molar-refractivity contribution is 14.1. The standard InChI is InChI=1S/C12H8INO/c13-10-4-1-3-9(7-10)12-6-2-5-11(8-15)14-12/h1-8H. The van der Waals surface area contributed by atoms with Crippen molar-refractivity contribution in [1.29, 1.82) is 0 Å². The van der Waals surface area contributed by atoms with Gasteiger partial charge in [0.25, 0.3) is 0 Å². The molecular weight excluding hydrogens is 301 g/mol. The highest BCUT2D eigenvalue weighted by Crippen LogP contribution is 2.19. The summed E-state index contributed by atoms with van der Waals surface area (Å²) < 4.78 is 1.16. The highest BCUT2D eigenvalue weighted by atomic mass is 127. The van der Waals surface area contributed by atoms with Crippen molar-refractivity contribution in [2.75, 3.05) is 0 Å². The number of rotatable bonds is 2. The quantitative estimate of drug-likeness (QED) is 0.630. The zero-order chi connectivity index (χ0) is 10.7. The first-order valence-corrected chi connectivity index (χ1v) is 5.55. The fourth-order valence-electron chi connectivity index (χ4n) is 1.33. The van der Waals surface area contributed by atoms with E-state index in [2.05, 4.69) is 27.6 Å². The molecule has 0 N–H and O–H groups in total. The molecule has 1 aromatic heterocycles. The van der Waals surface area contributed by atoms with Crippen LogP contribution in [0.5, 0.6) is 0 Å². The number of aldehydes is 1. The second kappa shape index (κ2) is 4.53. The summed E-state index contributed by atoms with van der Waals surface area (Å²) in [5.41, 5.74) is 2.33. The van der Waals surface area contributed by atoms with Gasteiger partial charge in [0.05, 0.1) is 5.69 Å². The Hall–Kier alpha value is -1.23. The summed E-state index contributed by atoms with van der Waals surface area (Å²) >= 11 is 2.25. The van der Waals surface area contributed by atoms with Crippen molar-refractivity contribution < 1.29 is 4.79 Å². The minimum Gasteiger partial charge on any atom is -0.296 e. The van der Waals surface area contributed by atoms with Crippen LogP contribution in [0.1, 0.15) is 10.5 Å². The molecule has 0 bridgehead atoms. The van der Waals surface area contributed by atoms with Gasteiger partial charge in [0.15, 0.2) is 6.29 Å². The molecule has 15 heavy (non-hydrogen) atoms. The van der Waals surface area contributed by atoms with E-state index in [1.807, 2.05) is 36.4 Å². The predicted octanol–water partition coefficient (Wildman–Crippen LogP) is 3.17. The van der Waals surface area contributed by atoms with Crippen LogP contribution in [0.4, 0.5) is 0 Å². The van der Waals surface area contributed by atoms with Crippen molar-refractivity contribution in [3.63, 3.8) is 0 Å². The summed E-state index contributed by atoms with van der Waals surface area (Å²) in [4.78, 5) is 14.8. The molecule has 0 radical (unpaired) electrons. The van der Waals surface area contributed by atoms with Crippen LogP contribution >= 0.6 is 22.6 Å². The van der Waals surface area contributed by atoms with Crippen molar-refractivity contribution in [2.45, 2.75) is 0 Å². The van der Waals surface area contributed by atoms with E-state index >= 15 is 0 Å². The summed E-state index contributed by atoms with van der Waals surface area (Å²) in [5.74, 6) is 0. The molecule has 0 amide bonds. The monoisotopic (exact) mass is 309 g/mol. The number of carbonyl (C=O) groups is 1. The molecule has 0 spiro atoms. The first-order valence-electron chi connectivity index (χ1n) is 4.48. The van der Waals surface area contributed by atoms with E-state index in [9.17, 15) is 4.79 Å². The van der Waals surface area contributed by atoms with Gasteiger partial charge in [0.2, 0.25) is 0 Å². The minimum atomic E-state index is 0.464. The third kappa shape index (κ3) is 2.41. The van der Waals surface area contributed by atoms with Gasteiger partial charge in [0.1, 0.15) is 5.69 Å². The molecule has 0 aliphatic rings. The first-order chi connectivity index (χ1) is 7.29. The van der Waals surface area contributed by atoms with Gasteiger partial charge in [-0.25, -0.2) is 4.98 Å². The van der Waals surface area contributed by atoms with Crippen molar-refractivity contribution in [2.24, 2.45) is 0 Å². The molecule has 1 aromatic carbocycles. The third-order valence-electron chi connectivity index (χ3n) is 2.01. The Morgan fingerprint density at radius 2 is 1.93 bits per heavy atom. The van der Waals surface area contributed by atoms with E-state index in [1.165, 1.54) is 0 Å². The zero-order valence-corrected chi connectivity index (χ0v) is 10.0. The Balaban J connectivity index is 2.49. The number of pyridine rings is 1. The largest absolute Gasteiger partial charge is 0.296 e. The minimum absolute atomic E-state index is 0.464. The second-order valence-electron chi connectivity index (χ2n) is 3.08. The lowest BCUT2D eigenvalue weighted by atomic mass is 10.1. The Bertz CT molecular complexity index is 496. The average molecular weight is 309 g/mol. The molecule has 0 saturated heterocycles. The maximum atomic E-state index is 10.6. The maximum absolute atomic E-state index is 10.6. The van der Waals surface area contributed by atoms with E-state index in [0.717, 1.165) is 21.1 Å². The molecule has 0 aliphatic heterocycles. The fourth-order valence-corrected chi connectivity index (χ4v) is 1.87. The number of hydrogen-bond donors (Lipinski definition) is 0. The van der Waals surface area contributed by atoms with Crippen molar-refractivity contribution >= 4 is 28.9 Å². The van der Waals surface area contributed by atoms with Crippen LogP contribution < -0.4 is 0 Å². The third-order valence-corrected chi connectivity index (χ3v) is 2.68. The SMILES string of the molecule is O=Cc1cccc(-c2cccc(I)c2)n1. The van der Waals surface area contributed by atoms with Gasteiger partial charge in [-0.3, -0.25) is 4.79 Å². The Morgan fingerprint density at radius 1 is 1.13 bits per heavy atom. The average Bonchev–Trinajstić information content (AvgIpc) is 2.29. The fraction of sp³-hybridized carbons (Fsp3) is 0. The molecule has 2 nitrogen and oxygen atoms in total. The molecule has 3 heteroatoms. The Labute approximate surface area is 101 Å². The Kier molecular flexibility index (Phi) is 3.11. The number of carbonyl (C=O) groups excluding carboxylic acids is 1. The lowest BCUT2D eigenvalue weighted by Gasteiger charge is -2.01. The van der Waals surface area contributed by atoms with E-state index < -0.39 is 0 Å². The van der Waals surface area contributed by atoms with E-state index in [0.29, 0.717) is 5.69 Å². The normalized spacial score (nSPS) is 9.93. The van der Waals surface area contributed by atoms with Crippen LogP contribution in [-0.4, -0.2) is 11.3 Å². The number of hydrogen-bond acceptors (Lipinski definition) is 2. The smallest absolute Gasteiger partial charge is 0.168 e. The predicted molar refractivity (Wildman–Crippen MR) is 67.8 cm³/mol. The van der Waals surface area contributed by atoms with Crippen LogP contribution in [0, 0.1) is 3.57 Å². The van der Waals surface area contributed by atoms with Crippen molar-refractivity contribution in [3.8, 4) is 11.3 Å². The Morgan fingerprint density at radius 3 is 2.67 bits per heavy atom. The summed E-state index contributed by atoms with van der Waals surface area (Å²) in [7, 11) is 0. The number of halogens is 1. The summed E-state index contributed by atoms with van der Waals surface area (Å²) in [6, 6.07) is 13.5. The van der Waals surface area contributed by atoms with Crippen molar-refractivity contribution in [1.82, 2.24) is 4.98 Å². The van der Waals surface area contributed by atoms with Gasteiger partial charge >= 0.3 is 0 Å².